The van der Waals surface area contributed by atoms with Crippen LogP contribution in [-0.2, 0) is 17.7 Å². The van der Waals surface area contributed by atoms with Crippen LogP contribution in [0.3, 0.4) is 0 Å². The van der Waals surface area contributed by atoms with E-state index in [4.69, 9.17) is 15.1 Å². The quantitative estimate of drug-likeness (QED) is 0.269. The predicted octanol–water partition coefficient (Wildman–Crippen LogP) is 4.81. The van der Waals surface area contributed by atoms with Crippen LogP contribution >= 0.6 is 12.4 Å². The Morgan fingerprint density at radius 2 is 1.77 bits per heavy atom. The van der Waals surface area contributed by atoms with E-state index in [1.807, 2.05) is 37.3 Å². The van der Waals surface area contributed by atoms with Gasteiger partial charge in [-0.3, -0.25) is 0 Å². The highest BCUT2D eigenvalue weighted by atomic mass is 35.5. The Kier molecular flexibility index (Phi) is 10.0. The van der Waals surface area contributed by atoms with Crippen LogP contribution in [0, 0.1) is 0 Å². The van der Waals surface area contributed by atoms with Crippen molar-refractivity contribution in [3.05, 3.63) is 71.6 Å². The SMILES string of the molecule is CC(=NOCCCCc1ccccc1)c1ccc(-c2noc(CCCN)n2)cc1.Cl. The topological polar surface area (TPSA) is 86.5 Å². The van der Waals surface area contributed by atoms with Crippen LogP contribution in [-0.4, -0.2) is 29.0 Å². The molecule has 0 aliphatic heterocycles. The number of halogens is 1. The summed E-state index contributed by atoms with van der Waals surface area (Å²) >= 11 is 0. The smallest absolute Gasteiger partial charge is 0.227 e. The van der Waals surface area contributed by atoms with Crippen LogP contribution in [0.15, 0.2) is 64.3 Å². The average Bonchev–Trinajstić information content (AvgIpc) is 3.24. The standard InChI is InChI=1S/C23H28N4O2.ClH/c1-18(26-28-17-6-5-10-19-8-3-2-4-9-19)20-12-14-21(15-13-20)23-25-22(29-27-23)11-7-16-24;/h2-4,8-9,12-15H,5-7,10-11,16-17,24H2,1H3;1H. The van der Waals surface area contributed by atoms with E-state index >= 15 is 0 Å². The van der Waals surface area contributed by atoms with Gasteiger partial charge in [0.25, 0.3) is 0 Å². The van der Waals surface area contributed by atoms with Crippen molar-refractivity contribution in [2.24, 2.45) is 10.9 Å². The second kappa shape index (κ2) is 12.8. The molecule has 1 heterocycles. The van der Waals surface area contributed by atoms with E-state index in [0.29, 0.717) is 31.3 Å². The number of nitrogens with zero attached hydrogens (tertiary/aromatic N) is 3. The van der Waals surface area contributed by atoms with E-state index in [9.17, 15) is 0 Å². The monoisotopic (exact) mass is 428 g/mol. The summed E-state index contributed by atoms with van der Waals surface area (Å²) in [5.74, 6) is 1.21. The van der Waals surface area contributed by atoms with Gasteiger partial charge < -0.3 is 15.1 Å². The Morgan fingerprint density at radius 1 is 1.00 bits per heavy atom. The van der Waals surface area contributed by atoms with E-state index in [2.05, 4.69) is 39.6 Å². The van der Waals surface area contributed by atoms with Gasteiger partial charge in [0.2, 0.25) is 11.7 Å². The van der Waals surface area contributed by atoms with Gasteiger partial charge in [-0.15, -0.1) is 12.4 Å². The van der Waals surface area contributed by atoms with Crippen molar-refractivity contribution in [2.75, 3.05) is 13.2 Å². The molecule has 0 bridgehead atoms. The first-order valence-electron chi connectivity index (χ1n) is 10.1. The normalized spacial score (nSPS) is 11.2. The molecule has 0 spiro atoms. The summed E-state index contributed by atoms with van der Waals surface area (Å²) in [6.45, 7) is 3.18. The summed E-state index contributed by atoms with van der Waals surface area (Å²) in [7, 11) is 0. The van der Waals surface area contributed by atoms with Gasteiger partial charge in [-0.2, -0.15) is 4.98 Å². The molecule has 0 fully saturated rings. The van der Waals surface area contributed by atoms with Crippen LogP contribution < -0.4 is 5.73 Å². The summed E-state index contributed by atoms with van der Waals surface area (Å²) in [5.41, 5.74) is 9.63. The van der Waals surface area contributed by atoms with Gasteiger partial charge in [-0.05, 0) is 50.3 Å². The number of aryl methyl sites for hydroxylation is 2. The van der Waals surface area contributed by atoms with Crippen molar-refractivity contribution >= 4 is 18.1 Å². The highest BCUT2D eigenvalue weighted by molar-refractivity contribution is 5.98. The highest BCUT2D eigenvalue weighted by Gasteiger charge is 2.08. The molecule has 0 aliphatic carbocycles. The molecule has 160 valence electrons. The highest BCUT2D eigenvalue weighted by Crippen LogP contribution is 2.17. The van der Waals surface area contributed by atoms with E-state index in [0.717, 1.165) is 42.5 Å². The molecule has 7 heteroatoms. The van der Waals surface area contributed by atoms with Crippen LogP contribution in [0.2, 0.25) is 0 Å². The summed E-state index contributed by atoms with van der Waals surface area (Å²) in [6.07, 6.45) is 4.68. The van der Waals surface area contributed by atoms with Gasteiger partial charge in [-0.25, -0.2) is 0 Å². The Hall–Kier alpha value is -2.70. The number of hydrogen-bond donors (Lipinski definition) is 1. The first-order chi connectivity index (χ1) is 14.3. The molecular formula is C23H29ClN4O2. The molecule has 6 nitrogen and oxygen atoms in total. The Balaban J connectivity index is 0.00000320. The molecule has 2 aromatic carbocycles. The van der Waals surface area contributed by atoms with Crippen LogP contribution in [0.5, 0.6) is 0 Å². The van der Waals surface area contributed by atoms with Gasteiger partial charge in [0, 0.05) is 12.0 Å². The molecule has 30 heavy (non-hydrogen) atoms. The van der Waals surface area contributed by atoms with E-state index in [1.54, 1.807) is 0 Å². The zero-order chi connectivity index (χ0) is 20.3. The van der Waals surface area contributed by atoms with Crippen molar-refractivity contribution in [3.63, 3.8) is 0 Å². The van der Waals surface area contributed by atoms with Crippen molar-refractivity contribution in [1.29, 1.82) is 0 Å². The largest absolute Gasteiger partial charge is 0.396 e. The molecule has 3 rings (SSSR count). The zero-order valence-electron chi connectivity index (χ0n) is 17.3. The van der Waals surface area contributed by atoms with Gasteiger partial charge in [0.1, 0.15) is 6.61 Å². The molecule has 0 saturated carbocycles. The maximum atomic E-state index is 5.51. The average molecular weight is 429 g/mol. The minimum Gasteiger partial charge on any atom is -0.396 e. The third-order valence-corrected chi connectivity index (χ3v) is 4.62. The number of aromatic nitrogens is 2. The van der Waals surface area contributed by atoms with Crippen molar-refractivity contribution in [2.45, 2.75) is 39.0 Å². The zero-order valence-corrected chi connectivity index (χ0v) is 18.1. The fourth-order valence-electron chi connectivity index (χ4n) is 2.92. The first kappa shape index (κ1) is 23.6. The summed E-state index contributed by atoms with van der Waals surface area (Å²) < 4.78 is 5.25. The maximum absolute atomic E-state index is 5.51. The second-order valence-corrected chi connectivity index (χ2v) is 6.93. The molecule has 0 radical (unpaired) electrons. The lowest BCUT2D eigenvalue weighted by Crippen LogP contribution is -2.00. The predicted molar refractivity (Wildman–Crippen MR) is 122 cm³/mol. The third-order valence-electron chi connectivity index (χ3n) is 4.62. The molecule has 0 atom stereocenters. The van der Waals surface area contributed by atoms with Crippen LogP contribution in [0.4, 0.5) is 0 Å². The first-order valence-corrected chi connectivity index (χ1v) is 10.1. The van der Waals surface area contributed by atoms with Crippen molar-refractivity contribution in [1.82, 2.24) is 10.1 Å². The Morgan fingerprint density at radius 3 is 2.50 bits per heavy atom. The molecule has 0 saturated heterocycles. The molecule has 3 aromatic rings. The van der Waals surface area contributed by atoms with Gasteiger partial charge in [0.15, 0.2) is 0 Å². The minimum atomic E-state index is 0. The number of nitrogens with two attached hydrogens (primary N) is 1. The number of benzene rings is 2. The van der Waals surface area contributed by atoms with Crippen molar-refractivity contribution < 1.29 is 9.36 Å². The van der Waals surface area contributed by atoms with Crippen molar-refractivity contribution in [3.8, 4) is 11.4 Å². The Bertz CT molecular complexity index is 895. The second-order valence-electron chi connectivity index (χ2n) is 6.93. The minimum absolute atomic E-state index is 0. The molecule has 0 amide bonds. The Labute approximate surface area is 183 Å². The van der Waals surface area contributed by atoms with Crippen LogP contribution in [0.1, 0.15) is 43.2 Å². The lowest BCUT2D eigenvalue weighted by molar-refractivity contribution is 0.140. The fraction of sp³-hybridized carbons (Fsp3) is 0.348. The lowest BCUT2D eigenvalue weighted by Gasteiger charge is -2.04. The third kappa shape index (κ3) is 7.28. The number of unbranched alkanes of at least 4 members (excludes halogenated alkanes) is 1. The molecular weight excluding hydrogens is 400 g/mol. The number of hydrogen-bond acceptors (Lipinski definition) is 6. The summed E-state index contributed by atoms with van der Waals surface area (Å²) in [4.78, 5) is 9.89. The van der Waals surface area contributed by atoms with E-state index in [1.165, 1.54) is 5.56 Å². The van der Waals surface area contributed by atoms with Crippen LogP contribution in [0.25, 0.3) is 11.4 Å². The number of oxime groups is 1. The summed E-state index contributed by atoms with van der Waals surface area (Å²) in [6, 6.07) is 18.4. The maximum Gasteiger partial charge on any atom is 0.227 e. The molecule has 0 aliphatic rings. The van der Waals surface area contributed by atoms with Gasteiger partial charge in [-0.1, -0.05) is 64.9 Å². The van der Waals surface area contributed by atoms with Gasteiger partial charge in [0.05, 0.1) is 5.71 Å². The molecule has 0 unspecified atom stereocenters. The lowest BCUT2D eigenvalue weighted by atomic mass is 10.1. The summed E-state index contributed by atoms with van der Waals surface area (Å²) in [5, 5.41) is 8.27. The molecule has 2 N–H and O–H groups in total. The number of rotatable bonds is 11. The molecule has 1 aromatic heterocycles. The fourth-order valence-corrected chi connectivity index (χ4v) is 2.92. The van der Waals surface area contributed by atoms with E-state index < -0.39 is 0 Å². The van der Waals surface area contributed by atoms with E-state index in [-0.39, 0.29) is 12.4 Å². The van der Waals surface area contributed by atoms with Gasteiger partial charge >= 0.3 is 0 Å².